The average Bonchev–Trinajstić information content (AvgIpc) is 2.00. The van der Waals surface area contributed by atoms with Gasteiger partial charge in [0, 0.05) is 0 Å². The Balaban J connectivity index is 0.000000810. The molecule has 0 aromatic heterocycles. The molecule has 0 radical (unpaired) electrons. The van der Waals surface area contributed by atoms with Crippen molar-refractivity contribution in [3.63, 3.8) is 0 Å². The van der Waals surface area contributed by atoms with Gasteiger partial charge in [-0.3, -0.25) is 0 Å². The molecule has 1 heterocycles. The summed E-state index contributed by atoms with van der Waals surface area (Å²) >= 11 is 0. The van der Waals surface area contributed by atoms with Crippen LogP contribution in [0.5, 0.6) is 0 Å². The third-order valence-electron chi connectivity index (χ3n) is 1.88. The van der Waals surface area contributed by atoms with Gasteiger partial charge in [-0.2, -0.15) is 0 Å². The minimum Gasteiger partial charge on any atom is -0.662 e. The van der Waals surface area contributed by atoms with Crippen molar-refractivity contribution in [1.82, 2.24) is 0 Å². The van der Waals surface area contributed by atoms with Crippen LogP contribution in [0, 0.1) is 0 Å². The van der Waals surface area contributed by atoms with E-state index in [1.54, 1.807) is 0 Å². The smallest absolute Gasteiger partial charge is 0.662 e. The average molecular weight is 190 g/mol. The Hall–Kier alpha value is 0.479. The Labute approximate surface area is 74.4 Å². The molecule has 10 heavy (non-hydrogen) atoms. The van der Waals surface area contributed by atoms with Gasteiger partial charge in [-0.25, -0.2) is 0 Å². The van der Waals surface area contributed by atoms with Gasteiger partial charge in [0.05, 0.1) is 0 Å². The molecule has 64 valence electrons. The molecule has 1 nitrogen and oxygen atoms in total. The van der Waals surface area contributed by atoms with Crippen molar-refractivity contribution in [2.24, 2.45) is 0 Å². The van der Waals surface area contributed by atoms with Crippen LogP contribution < -0.4 is 0 Å². The Morgan fingerprint density at radius 1 is 0.600 bits per heavy atom. The molecule has 1 aliphatic rings. The zero-order chi connectivity index (χ0) is 6.36. The maximum absolute atomic E-state index is 4.39. The molecule has 0 amide bonds. The fourth-order valence-corrected chi connectivity index (χ4v) is 1.27. The van der Waals surface area contributed by atoms with Gasteiger partial charge >= 0.3 is 17.1 Å². The zero-order valence-corrected chi connectivity index (χ0v) is 7.35. The van der Waals surface area contributed by atoms with Crippen molar-refractivity contribution in [1.29, 1.82) is 0 Å². The normalized spacial score (nSPS) is 21.6. The monoisotopic (exact) mass is 189 g/mol. The van der Waals surface area contributed by atoms with Gasteiger partial charge in [-0.05, 0) is 0 Å². The van der Waals surface area contributed by atoms with Crippen LogP contribution >= 0.6 is 0 Å². The van der Waals surface area contributed by atoms with Crippen molar-refractivity contribution in [2.75, 3.05) is 13.1 Å². The Morgan fingerprint density at radius 3 is 1.50 bits per heavy atom. The molecule has 0 aromatic rings. The van der Waals surface area contributed by atoms with Crippen LogP contribution in [-0.2, 0) is 17.1 Å². The maximum atomic E-state index is 4.39. The van der Waals surface area contributed by atoms with Crippen LogP contribution in [0.1, 0.15) is 38.5 Å². The van der Waals surface area contributed by atoms with E-state index in [9.17, 15) is 0 Å². The van der Waals surface area contributed by atoms with Gasteiger partial charge in [-0.15, -0.1) is 13.1 Å². The first-order valence-corrected chi connectivity index (χ1v) is 4.13. The second-order valence-corrected chi connectivity index (χ2v) is 2.79. The third-order valence-corrected chi connectivity index (χ3v) is 1.88. The Morgan fingerprint density at radius 2 is 1.00 bits per heavy atom. The second kappa shape index (κ2) is 7.58. The van der Waals surface area contributed by atoms with Gasteiger partial charge in [0.25, 0.3) is 0 Å². The van der Waals surface area contributed by atoms with E-state index in [0.717, 1.165) is 13.1 Å². The van der Waals surface area contributed by atoms with Gasteiger partial charge in [0.15, 0.2) is 0 Å². The molecule has 0 spiro atoms. The number of hydrogen-bond acceptors (Lipinski definition) is 0. The fraction of sp³-hybridized carbons (Fsp3) is 1.00. The maximum Gasteiger partial charge on any atom is 1.00 e. The molecule has 0 unspecified atom stereocenters. The minimum absolute atomic E-state index is 0. The van der Waals surface area contributed by atoms with Crippen molar-refractivity contribution < 1.29 is 17.1 Å². The van der Waals surface area contributed by atoms with Crippen molar-refractivity contribution in [3.05, 3.63) is 5.32 Å². The van der Waals surface area contributed by atoms with Crippen LogP contribution in [0.25, 0.3) is 5.32 Å². The molecule has 0 bridgehead atoms. The van der Waals surface area contributed by atoms with Crippen LogP contribution in [0.3, 0.4) is 0 Å². The first-order valence-electron chi connectivity index (χ1n) is 4.13. The molecule has 0 aliphatic carbocycles. The predicted octanol–water partition coefficient (Wildman–Crippen LogP) is 2.71. The third kappa shape index (κ3) is 5.28. The number of hydrogen-bond donors (Lipinski definition) is 0. The summed E-state index contributed by atoms with van der Waals surface area (Å²) in [6, 6.07) is 0. The summed E-state index contributed by atoms with van der Waals surface area (Å²) < 4.78 is 0. The topological polar surface area (TPSA) is 14.1 Å². The van der Waals surface area contributed by atoms with E-state index >= 15 is 0 Å². The first-order chi connectivity index (χ1) is 4.50. The van der Waals surface area contributed by atoms with Gasteiger partial charge < -0.3 is 5.32 Å². The van der Waals surface area contributed by atoms with E-state index in [1.165, 1.54) is 38.5 Å². The van der Waals surface area contributed by atoms with Crippen LogP contribution in [0.15, 0.2) is 0 Å². The van der Waals surface area contributed by atoms with E-state index in [-0.39, 0.29) is 17.1 Å². The Kier molecular flexibility index (Phi) is 7.95. The molecule has 0 aromatic carbocycles. The van der Waals surface area contributed by atoms with Gasteiger partial charge in [0.1, 0.15) is 0 Å². The molecule has 0 N–H and O–H groups in total. The first kappa shape index (κ1) is 10.5. The quantitative estimate of drug-likeness (QED) is 0.521. The van der Waals surface area contributed by atoms with Gasteiger partial charge in [0.2, 0.25) is 0 Å². The number of rotatable bonds is 0. The standard InChI is InChI=1S/C8H16N.Cu/c1-2-4-6-8-9-7-5-3-1;/h1-8H2;/q-1;+1. The van der Waals surface area contributed by atoms with E-state index in [0.29, 0.717) is 0 Å². The van der Waals surface area contributed by atoms with Crippen LogP contribution in [0.2, 0.25) is 0 Å². The molecule has 1 fully saturated rings. The van der Waals surface area contributed by atoms with Crippen molar-refractivity contribution in [3.8, 4) is 0 Å². The fourth-order valence-electron chi connectivity index (χ4n) is 1.27. The number of nitrogens with zero attached hydrogens (tertiary/aromatic N) is 1. The molecule has 2 heteroatoms. The molecule has 0 saturated carbocycles. The van der Waals surface area contributed by atoms with Crippen LogP contribution in [-0.4, -0.2) is 13.1 Å². The summed E-state index contributed by atoms with van der Waals surface area (Å²) in [4.78, 5) is 0. The molecular formula is C8H16CuN. The summed E-state index contributed by atoms with van der Waals surface area (Å²) in [6.45, 7) is 2.25. The van der Waals surface area contributed by atoms with E-state index in [1.807, 2.05) is 0 Å². The zero-order valence-electron chi connectivity index (χ0n) is 6.41. The summed E-state index contributed by atoms with van der Waals surface area (Å²) in [5.74, 6) is 0. The predicted molar refractivity (Wildman–Crippen MR) is 40.8 cm³/mol. The summed E-state index contributed by atoms with van der Waals surface area (Å²) in [5.41, 5.74) is 0. The van der Waals surface area contributed by atoms with E-state index in [2.05, 4.69) is 5.32 Å². The van der Waals surface area contributed by atoms with E-state index < -0.39 is 0 Å². The second-order valence-electron chi connectivity index (χ2n) is 2.79. The molecule has 0 atom stereocenters. The molecule has 1 saturated heterocycles. The van der Waals surface area contributed by atoms with Gasteiger partial charge in [-0.1, -0.05) is 38.5 Å². The SMILES string of the molecule is C1CCCC[N-]CCC1.[Cu+]. The molecule has 1 aliphatic heterocycles. The summed E-state index contributed by atoms with van der Waals surface area (Å²) in [5, 5.41) is 4.39. The minimum atomic E-state index is 0. The summed E-state index contributed by atoms with van der Waals surface area (Å²) in [6.07, 6.45) is 8.36. The Bertz CT molecular complexity index is 37.7. The van der Waals surface area contributed by atoms with E-state index in [4.69, 9.17) is 0 Å². The van der Waals surface area contributed by atoms with Crippen molar-refractivity contribution in [2.45, 2.75) is 38.5 Å². The molecular weight excluding hydrogens is 174 g/mol. The van der Waals surface area contributed by atoms with Crippen molar-refractivity contribution >= 4 is 0 Å². The largest absolute Gasteiger partial charge is 1.00 e. The summed E-state index contributed by atoms with van der Waals surface area (Å²) in [7, 11) is 0. The van der Waals surface area contributed by atoms with Crippen LogP contribution in [0.4, 0.5) is 0 Å². The molecule has 1 rings (SSSR count).